The molecule has 1 aromatic carbocycles. The van der Waals surface area contributed by atoms with E-state index in [1.165, 1.54) is 12.7 Å². The van der Waals surface area contributed by atoms with Crippen LogP contribution in [0.5, 0.6) is 0 Å². The molecule has 0 aliphatic rings. The molecule has 0 N–H and O–H groups in total. The summed E-state index contributed by atoms with van der Waals surface area (Å²) >= 11 is 0. The third kappa shape index (κ3) is 0.972. The van der Waals surface area contributed by atoms with Gasteiger partial charge < -0.3 is 0 Å². The Morgan fingerprint density at radius 2 is 1.14 bits per heavy atom. The lowest BCUT2D eigenvalue weighted by molar-refractivity contribution is 1.01. The van der Waals surface area contributed by atoms with Crippen LogP contribution in [0.25, 0.3) is 22.1 Å². The summed E-state index contributed by atoms with van der Waals surface area (Å²) in [7, 11) is 0. The van der Waals surface area contributed by atoms with Crippen molar-refractivity contribution < 1.29 is 0 Å². The van der Waals surface area contributed by atoms with Crippen LogP contribution in [0.15, 0.2) is 24.8 Å². The van der Waals surface area contributed by atoms with Crippen molar-refractivity contribution in [1.29, 1.82) is 0 Å². The van der Waals surface area contributed by atoms with Crippen LogP contribution in [0.2, 0.25) is 0 Å². The van der Waals surface area contributed by atoms with Gasteiger partial charge in [-0.1, -0.05) is 0 Å². The zero-order valence-electron chi connectivity index (χ0n) is 6.99. The van der Waals surface area contributed by atoms with E-state index in [4.69, 9.17) is 0 Å². The zero-order valence-corrected chi connectivity index (χ0v) is 6.99. The summed E-state index contributed by atoms with van der Waals surface area (Å²) in [5.41, 5.74) is 2.91. The molecular weight excluding hydrogens is 180 g/mol. The molecule has 0 fully saturated rings. The molecule has 0 spiro atoms. The minimum absolute atomic E-state index is 0.697. The molecule has 0 saturated heterocycles. The Balaban J connectivity index is 2.52. The number of aromatic nitrogens is 6. The standard InChI is InChI=1S/C8H4N6/c1-5-7(13-11-3-9-5)2-8-6(1)10-4-12-14-8/h1-4H. The van der Waals surface area contributed by atoms with Crippen LogP contribution < -0.4 is 0 Å². The van der Waals surface area contributed by atoms with Gasteiger partial charge >= 0.3 is 0 Å². The van der Waals surface area contributed by atoms with Gasteiger partial charge in [-0.05, 0) is 12.1 Å². The molecule has 0 radical (unpaired) electrons. The minimum Gasteiger partial charge on any atom is -0.233 e. The topological polar surface area (TPSA) is 77.3 Å². The highest BCUT2D eigenvalue weighted by Gasteiger charge is 2.01. The summed E-state index contributed by atoms with van der Waals surface area (Å²) in [4.78, 5) is 8.14. The Kier molecular flexibility index (Phi) is 1.35. The molecule has 66 valence electrons. The fourth-order valence-corrected chi connectivity index (χ4v) is 1.27. The summed E-state index contributed by atoms with van der Waals surface area (Å²) in [5.74, 6) is 0. The Bertz CT molecular complexity index is 503. The summed E-state index contributed by atoms with van der Waals surface area (Å²) < 4.78 is 0. The average molecular weight is 184 g/mol. The maximum absolute atomic E-state index is 4.07. The lowest BCUT2D eigenvalue weighted by Crippen LogP contribution is -1.90. The quantitative estimate of drug-likeness (QED) is 0.469. The number of rotatable bonds is 0. The van der Waals surface area contributed by atoms with Crippen LogP contribution in [0.3, 0.4) is 0 Å². The molecule has 6 heteroatoms. The second-order valence-corrected chi connectivity index (χ2v) is 2.75. The van der Waals surface area contributed by atoms with Crippen molar-refractivity contribution >= 4 is 22.1 Å². The van der Waals surface area contributed by atoms with Gasteiger partial charge in [-0.2, -0.15) is 0 Å². The third-order valence-electron chi connectivity index (χ3n) is 1.90. The molecule has 2 aromatic heterocycles. The number of benzene rings is 1. The van der Waals surface area contributed by atoms with Gasteiger partial charge in [0.1, 0.15) is 23.7 Å². The fourth-order valence-electron chi connectivity index (χ4n) is 1.27. The molecule has 0 saturated carbocycles. The molecular formula is C8H4N6. The van der Waals surface area contributed by atoms with E-state index in [0.717, 1.165) is 11.0 Å². The predicted octanol–water partition coefficient (Wildman–Crippen LogP) is 0.363. The highest BCUT2D eigenvalue weighted by atomic mass is 15.1. The van der Waals surface area contributed by atoms with Gasteiger partial charge in [-0.25, -0.2) is 9.97 Å². The maximum Gasteiger partial charge on any atom is 0.138 e. The van der Waals surface area contributed by atoms with Gasteiger partial charge in [-0.15, -0.1) is 20.4 Å². The Morgan fingerprint density at radius 3 is 1.71 bits per heavy atom. The normalized spacial score (nSPS) is 10.9. The van der Waals surface area contributed by atoms with Crippen molar-refractivity contribution in [2.75, 3.05) is 0 Å². The van der Waals surface area contributed by atoms with Crippen LogP contribution in [0, 0.1) is 0 Å². The largest absolute Gasteiger partial charge is 0.233 e. The first-order valence-corrected chi connectivity index (χ1v) is 3.98. The lowest BCUT2D eigenvalue weighted by Gasteiger charge is -1.96. The number of nitrogens with zero attached hydrogens (tertiary/aromatic N) is 6. The van der Waals surface area contributed by atoms with E-state index in [1.54, 1.807) is 6.07 Å². The van der Waals surface area contributed by atoms with Crippen molar-refractivity contribution in [2.24, 2.45) is 0 Å². The van der Waals surface area contributed by atoms with Crippen molar-refractivity contribution in [3.63, 3.8) is 0 Å². The molecule has 3 aromatic rings. The lowest BCUT2D eigenvalue weighted by atomic mass is 10.2. The van der Waals surface area contributed by atoms with Crippen molar-refractivity contribution in [2.45, 2.75) is 0 Å². The summed E-state index contributed by atoms with van der Waals surface area (Å²) in [6.07, 6.45) is 2.81. The smallest absolute Gasteiger partial charge is 0.138 e. The SMILES string of the molecule is c1nnc2cc3nncnc3cc2n1. The van der Waals surface area contributed by atoms with Crippen molar-refractivity contribution in [3.8, 4) is 0 Å². The van der Waals surface area contributed by atoms with Gasteiger partial charge in [-0.3, -0.25) is 0 Å². The van der Waals surface area contributed by atoms with Crippen LogP contribution >= 0.6 is 0 Å². The molecule has 3 rings (SSSR count). The second kappa shape index (κ2) is 2.63. The first-order valence-electron chi connectivity index (χ1n) is 3.98. The van der Waals surface area contributed by atoms with Crippen LogP contribution in [-0.2, 0) is 0 Å². The van der Waals surface area contributed by atoms with Crippen LogP contribution in [0.4, 0.5) is 0 Å². The van der Waals surface area contributed by atoms with E-state index in [-0.39, 0.29) is 0 Å². The number of hydrogen-bond acceptors (Lipinski definition) is 6. The Morgan fingerprint density at radius 1 is 0.643 bits per heavy atom. The van der Waals surface area contributed by atoms with E-state index >= 15 is 0 Å². The summed E-state index contributed by atoms with van der Waals surface area (Å²) in [5, 5.41) is 15.2. The van der Waals surface area contributed by atoms with E-state index < -0.39 is 0 Å². The van der Waals surface area contributed by atoms with Gasteiger partial charge in [0.15, 0.2) is 0 Å². The fraction of sp³-hybridized carbons (Fsp3) is 0. The molecule has 0 bridgehead atoms. The molecule has 0 unspecified atom stereocenters. The molecule has 2 heterocycles. The van der Waals surface area contributed by atoms with Gasteiger partial charge in [0.2, 0.25) is 0 Å². The predicted molar refractivity (Wildman–Crippen MR) is 48.2 cm³/mol. The molecule has 6 nitrogen and oxygen atoms in total. The highest BCUT2D eigenvalue weighted by molar-refractivity contribution is 5.89. The molecule has 0 atom stereocenters. The highest BCUT2D eigenvalue weighted by Crippen LogP contribution is 2.14. The molecule has 14 heavy (non-hydrogen) atoms. The average Bonchev–Trinajstić information content (AvgIpc) is 2.26. The van der Waals surface area contributed by atoms with E-state index in [9.17, 15) is 0 Å². The van der Waals surface area contributed by atoms with Crippen LogP contribution in [0.1, 0.15) is 0 Å². The molecule has 0 aliphatic heterocycles. The zero-order chi connectivity index (χ0) is 9.38. The van der Waals surface area contributed by atoms with E-state index in [1.807, 2.05) is 6.07 Å². The van der Waals surface area contributed by atoms with Gasteiger partial charge in [0.05, 0.1) is 11.0 Å². The number of fused-ring (bicyclic) bond motifs is 2. The second-order valence-electron chi connectivity index (χ2n) is 2.75. The molecule has 0 amide bonds. The van der Waals surface area contributed by atoms with Crippen molar-refractivity contribution in [3.05, 3.63) is 24.8 Å². The van der Waals surface area contributed by atoms with Gasteiger partial charge in [0.25, 0.3) is 0 Å². The van der Waals surface area contributed by atoms with Crippen LogP contribution in [-0.4, -0.2) is 30.4 Å². The summed E-state index contributed by atoms with van der Waals surface area (Å²) in [6, 6.07) is 3.58. The molecule has 0 aliphatic carbocycles. The Labute approximate surface area is 78.0 Å². The summed E-state index contributed by atoms with van der Waals surface area (Å²) in [6.45, 7) is 0. The Hall–Kier alpha value is -2.24. The minimum atomic E-state index is 0.697. The third-order valence-corrected chi connectivity index (χ3v) is 1.90. The van der Waals surface area contributed by atoms with Crippen molar-refractivity contribution in [1.82, 2.24) is 30.4 Å². The maximum atomic E-state index is 4.07. The first-order chi connectivity index (χ1) is 6.93. The van der Waals surface area contributed by atoms with E-state index in [2.05, 4.69) is 30.4 Å². The monoisotopic (exact) mass is 184 g/mol. The first kappa shape index (κ1) is 7.19. The number of hydrogen-bond donors (Lipinski definition) is 0. The van der Waals surface area contributed by atoms with Gasteiger partial charge in [0, 0.05) is 0 Å². The van der Waals surface area contributed by atoms with E-state index in [0.29, 0.717) is 11.0 Å².